The van der Waals surface area contributed by atoms with Crippen LogP contribution in [0.5, 0.6) is 0 Å². The van der Waals surface area contributed by atoms with Gasteiger partial charge in [-0.05, 0) is 42.7 Å². The van der Waals surface area contributed by atoms with E-state index in [9.17, 15) is 9.59 Å². The first kappa shape index (κ1) is 21.2. The van der Waals surface area contributed by atoms with Crippen molar-refractivity contribution in [2.45, 2.75) is 71.5 Å². The van der Waals surface area contributed by atoms with Gasteiger partial charge in [0.2, 0.25) is 5.91 Å². The van der Waals surface area contributed by atoms with Gasteiger partial charge in [-0.25, -0.2) is 4.79 Å². The Hall–Kier alpha value is -2.08. The number of benzene rings is 1. The van der Waals surface area contributed by atoms with E-state index < -0.39 is 6.09 Å². The molecule has 0 radical (unpaired) electrons. The summed E-state index contributed by atoms with van der Waals surface area (Å²) in [6, 6.07) is 7.96. The van der Waals surface area contributed by atoms with Crippen molar-refractivity contribution in [3.8, 4) is 0 Å². The summed E-state index contributed by atoms with van der Waals surface area (Å²) in [7, 11) is 1.34. The molecule has 6 heteroatoms. The maximum Gasteiger partial charge on any atom is 0.411 e. The Kier molecular flexibility index (Phi) is 7.25. The quantitative estimate of drug-likeness (QED) is 0.817. The molecule has 0 bridgehead atoms. The number of nitrogens with two attached hydrogens (primary N) is 1. The molecule has 0 aromatic heterocycles. The Morgan fingerprint density at radius 3 is 2.41 bits per heavy atom. The number of para-hydroxylation sites is 1. The van der Waals surface area contributed by atoms with Crippen LogP contribution < -0.4 is 11.1 Å². The maximum absolute atomic E-state index is 13.1. The van der Waals surface area contributed by atoms with E-state index in [1.54, 1.807) is 0 Å². The van der Waals surface area contributed by atoms with Crippen LogP contribution in [0.1, 0.15) is 58.4 Å². The molecular weight excluding hydrogens is 342 g/mol. The Bertz CT molecular complexity index is 646. The molecule has 1 fully saturated rings. The van der Waals surface area contributed by atoms with Gasteiger partial charge in [0.05, 0.1) is 7.11 Å². The summed E-state index contributed by atoms with van der Waals surface area (Å²) in [6.07, 6.45) is 3.69. The first-order chi connectivity index (χ1) is 12.7. The van der Waals surface area contributed by atoms with Crippen LogP contribution in [0.15, 0.2) is 24.3 Å². The summed E-state index contributed by atoms with van der Waals surface area (Å²) < 4.78 is 4.71. The minimum absolute atomic E-state index is 0.0792. The fourth-order valence-corrected chi connectivity index (χ4v) is 3.51. The summed E-state index contributed by atoms with van der Waals surface area (Å²) in [5.41, 5.74) is 7.55. The normalized spacial score (nSPS) is 20.0. The van der Waals surface area contributed by atoms with Crippen molar-refractivity contribution in [1.29, 1.82) is 0 Å². The molecule has 0 heterocycles. The number of anilines is 1. The lowest BCUT2D eigenvalue weighted by atomic mass is 9.88. The lowest BCUT2D eigenvalue weighted by molar-refractivity contribution is -0.137. The number of ether oxygens (including phenoxy) is 1. The van der Waals surface area contributed by atoms with Gasteiger partial charge in [-0.3, -0.25) is 10.1 Å². The van der Waals surface area contributed by atoms with Crippen molar-refractivity contribution >= 4 is 17.7 Å². The minimum atomic E-state index is -0.515. The number of hydrogen-bond donors (Lipinski definition) is 2. The standard InChI is InChI=1S/C21H33N3O3/c1-21(2,3)13-19(25)24(17-11-9-16(22)10-12-17)14-15-7-5-6-8-18(15)23-20(26)27-4/h5-8,16-17H,9-14,22H2,1-4H3,(H,23,26). The number of nitrogens with one attached hydrogen (secondary N) is 1. The predicted octanol–water partition coefficient (Wildman–Crippen LogP) is 3.90. The second-order valence-electron chi connectivity index (χ2n) is 8.60. The van der Waals surface area contributed by atoms with E-state index in [1.807, 2.05) is 29.2 Å². The average molecular weight is 376 g/mol. The molecule has 0 unspecified atom stereocenters. The van der Waals surface area contributed by atoms with E-state index in [2.05, 4.69) is 26.1 Å². The molecule has 6 nitrogen and oxygen atoms in total. The van der Waals surface area contributed by atoms with E-state index in [4.69, 9.17) is 10.5 Å². The molecule has 3 N–H and O–H groups in total. The number of carbonyl (C=O) groups excluding carboxylic acids is 2. The fraction of sp³-hybridized carbons (Fsp3) is 0.619. The van der Waals surface area contributed by atoms with Crippen molar-refractivity contribution in [2.24, 2.45) is 11.1 Å². The van der Waals surface area contributed by atoms with E-state index in [1.165, 1.54) is 7.11 Å². The van der Waals surface area contributed by atoms with Gasteiger partial charge in [0.15, 0.2) is 0 Å². The zero-order chi connectivity index (χ0) is 20.0. The largest absolute Gasteiger partial charge is 0.453 e. The van der Waals surface area contributed by atoms with Crippen LogP contribution in [0.2, 0.25) is 0 Å². The maximum atomic E-state index is 13.1. The lowest BCUT2D eigenvalue weighted by Crippen LogP contribution is -2.44. The second-order valence-corrected chi connectivity index (χ2v) is 8.60. The predicted molar refractivity (Wildman–Crippen MR) is 107 cm³/mol. The third-order valence-electron chi connectivity index (χ3n) is 4.96. The average Bonchev–Trinajstić information content (AvgIpc) is 2.60. The number of hydrogen-bond acceptors (Lipinski definition) is 4. The summed E-state index contributed by atoms with van der Waals surface area (Å²) >= 11 is 0. The third kappa shape index (κ3) is 6.54. The number of methoxy groups -OCH3 is 1. The van der Waals surface area contributed by atoms with Gasteiger partial charge in [-0.1, -0.05) is 39.0 Å². The smallest absolute Gasteiger partial charge is 0.411 e. The van der Waals surface area contributed by atoms with Crippen molar-refractivity contribution in [3.63, 3.8) is 0 Å². The zero-order valence-corrected chi connectivity index (χ0v) is 17.0. The first-order valence-electron chi connectivity index (χ1n) is 9.67. The van der Waals surface area contributed by atoms with E-state index in [0.717, 1.165) is 31.2 Å². The number of rotatable bonds is 5. The molecule has 27 heavy (non-hydrogen) atoms. The van der Waals surface area contributed by atoms with Gasteiger partial charge in [0, 0.05) is 30.7 Å². The highest BCUT2D eigenvalue weighted by Gasteiger charge is 2.30. The SMILES string of the molecule is COC(=O)Nc1ccccc1CN(C(=O)CC(C)(C)C)C1CCC(N)CC1. The summed E-state index contributed by atoms with van der Waals surface area (Å²) in [5, 5.41) is 2.74. The zero-order valence-electron chi connectivity index (χ0n) is 17.0. The van der Waals surface area contributed by atoms with Crippen molar-refractivity contribution in [3.05, 3.63) is 29.8 Å². The van der Waals surface area contributed by atoms with Crippen LogP contribution in [-0.2, 0) is 16.1 Å². The monoisotopic (exact) mass is 375 g/mol. The van der Waals surface area contributed by atoms with Gasteiger partial charge in [-0.15, -0.1) is 0 Å². The molecule has 1 aromatic carbocycles. The lowest BCUT2D eigenvalue weighted by Gasteiger charge is -2.38. The van der Waals surface area contributed by atoms with Crippen LogP contribution in [-0.4, -0.2) is 36.1 Å². The van der Waals surface area contributed by atoms with Crippen LogP contribution in [0, 0.1) is 5.41 Å². The molecule has 0 spiro atoms. The topological polar surface area (TPSA) is 84.7 Å². The van der Waals surface area contributed by atoms with Crippen LogP contribution >= 0.6 is 0 Å². The second kappa shape index (κ2) is 9.22. The fourth-order valence-electron chi connectivity index (χ4n) is 3.51. The molecule has 0 aliphatic heterocycles. The highest BCUT2D eigenvalue weighted by atomic mass is 16.5. The Morgan fingerprint density at radius 1 is 1.19 bits per heavy atom. The van der Waals surface area contributed by atoms with Crippen LogP contribution in [0.25, 0.3) is 0 Å². The molecule has 2 amide bonds. The molecule has 150 valence electrons. The first-order valence-corrected chi connectivity index (χ1v) is 9.67. The number of carbonyl (C=O) groups is 2. The molecule has 1 aliphatic carbocycles. The van der Waals surface area contributed by atoms with Gasteiger partial charge in [0.25, 0.3) is 0 Å². The van der Waals surface area contributed by atoms with Crippen LogP contribution in [0.4, 0.5) is 10.5 Å². The van der Waals surface area contributed by atoms with E-state index in [0.29, 0.717) is 18.7 Å². The number of nitrogens with zero attached hydrogens (tertiary/aromatic N) is 1. The Labute approximate surface area is 162 Å². The molecule has 0 atom stereocenters. The molecular formula is C21H33N3O3. The highest BCUT2D eigenvalue weighted by molar-refractivity contribution is 5.85. The Morgan fingerprint density at radius 2 is 1.81 bits per heavy atom. The highest BCUT2D eigenvalue weighted by Crippen LogP contribution is 2.29. The summed E-state index contributed by atoms with van der Waals surface area (Å²) in [4.78, 5) is 26.7. The van der Waals surface area contributed by atoms with Gasteiger partial charge in [-0.2, -0.15) is 0 Å². The van der Waals surface area contributed by atoms with Crippen LogP contribution in [0.3, 0.4) is 0 Å². The molecule has 1 aromatic rings. The summed E-state index contributed by atoms with van der Waals surface area (Å²) in [5.74, 6) is 0.149. The molecule has 1 saturated carbocycles. The Balaban J connectivity index is 2.23. The molecule has 0 saturated heterocycles. The van der Waals surface area contributed by atoms with Crippen molar-refractivity contribution in [1.82, 2.24) is 4.90 Å². The van der Waals surface area contributed by atoms with Crippen molar-refractivity contribution < 1.29 is 14.3 Å². The minimum Gasteiger partial charge on any atom is -0.453 e. The summed E-state index contributed by atoms with van der Waals surface area (Å²) in [6.45, 7) is 6.70. The number of amides is 2. The van der Waals surface area contributed by atoms with Gasteiger partial charge in [0.1, 0.15) is 0 Å². The molecule has 2 rings (SSSR count). The van der Waals surface area contributed by atoms with Gasteiger partial charge < -0.3 is 15.4 Å². The van der Waals surface area contributed by atoms with E-state index >= 15 is 0 Å². The van der Waals surface area contributed by atoms with Gasteiger partial charge >= 0.3 is 6.09 Å². The third-order valence-corrected chi connectivity index (χ3v) is 4.96. The van der Waals surface area contributed by atoms with E-state index in [-0.39, 0.29) is 23.4 Å². The molecule has 1 aliphatic rings. The van der Waals surface area contributed by atoms with Crippen molar-refractivity contribution in [2.75, 3.05) is 12.4 Å².